The van der Waals surface area contributed by atoms with Crippen LogP contribution in [0.4, 0.5) is 5.82 Å². The summed E-state index contributed by atoms with van der Waals surface area (Å²) in [5.41, 5.74) is 3.72. The van der Waals surface area contributed by atoms with E-state index >= 15 is 0 Å². The maximum Gasteiger partial charge on any atom is 0.339 e. The van der Waals surface area contributed by atoms with Crippen LogP contribution in [0.25, 0.3) is 0 Å². The summed E-state index contributed by atoms with van der Waals surface area (Å²) in [6.07, 6.45) is 1.58. The van der Waals surface area contributed by atoms with Crippen LogP contribution in [0.15, 0.2) is 36.5 Å². The Morgan fingerprint density at radius 3 is 2.53 bits per heavy atom. The Morgan fingerprint density at radius 1 is 1.21 bits per heavy atom. The average Bonchev–Trinajstić information content (AvgIpc) is 2.38. The first-order valence-corrected chi connectivity index (χ1v) is 6.07. The quantitative estimate of drug-likeness (QED) is 0.882. The van der Waals surface area contributed by atoms with Crippen molar-refractivity contribution in [1.29, 1.82) is 0 Å². The van der Waals surface area contributed by atoms with Crippen LogP contribution in [0.3, 0.4) is 0 Å². The molecule has 0 unspecified atom stereocenters. The number of carboxylic acid groups (broad SMARTS) is 1. The second-order valence-corrected chi connectivity index (χ2v) is 4.43. The smallest absolute Gasteiger partial charge is 0.339 e. The summed E-state index contributed by atoms with van der Waals surface area (Å²) in [5, 5.41) is 12.2. The summed E-state index contributed by atoms with van der Waals surface area (Å²) in [5.74, 6) is -0.574. The molecule has 98 valence electrons. The van der Waals surface area contributed by atoms with Gasteiger partial charge in [0.05, 0.1) is 0 Å². The van der Waals surface area contributed by atoms with E-state index in [9.17, 15) is 4.79 Å². The third kappa shape index (κ3) is 2.91. The minimum Gasteiger partial charge on any atom is -0.478 e. The molecular weight excluding hydrogens is 240 g/mol. The summed E-state index contributed by atoms with van der Waals surface area (Å²) in [4.78, 5) is 15.2. The van der Waals surface area contributed by atoms with Gasteiger partial charge in [-0.3, -0.25) is 0 Å². The highest BCUT2D eigenvalue weighted by Gasteiger charge is 2.10. The van der Waals surface area contributed by atoms with Gasteiger partial charge in [0.15, 0.2) is 0 Å². The Labute approximate surface area is 112 Å². The van der Waals surface area contributed by atoms with Crippen molar-refractivity contribution in [3.63, 3.8) is 0 Å². The van der Waals surface area contributed by atoms with Crippen molar-refractivity contribution in [2.45, 2.75) is 20.4 Å². The fraction of sp³-hybridized carbons (Fsp3) is 0.200. The van der Waals surface area contributed by atoms with Crippen LogP contribution in [-0.4, -0.2) is 16.1 Å². The molecule has 0 bridgehead atoms. The molecule has 0 saturated heterocycles. The van der Waals surface area contributed by atoms with Gasteiger partial charge in [0.1, 0.15) is 11.4 Å². The van der Waals surface area contributed by atoms with Gasteiger partial charge in [-0.05, 0) is 42.7 Å². The Hall–Kier alpha value is -2.36. The van der Waals surface area contributed by atoms with Crippen LogP contribution in [0.5, 0.6) is 0 Å². The van der Waals surface area contributed by atoms with E-state index in [4.69, 9.17) is 5.11 Å². The van der Waals surface area contributed by atoms with E-state index in [0.717, 1.165) is 0 Å². The summed E-state index contributed by atoms with van der Waals surface area (Å²) < 4.78 is 0. The summed E-state index contributed by atoms with van der Waals surface area (Å²) in [7, 11) is 0. The van der Waals surface area contributed by atoms with E-state index in [1.165, 1.54) is 16.7 Å². The predicted molar refractivity (Wildman–Crippen MR) is 74.4 cm³/mol. The van der Waals surface area contributed by atoms with Crippen LogP contribution in [0.1, 0.15) is 27.0 Å². The molecular formula is C15H16N2O2. The van der Waals surface area contributed by atoms with Gasteiger partial charge < -0.3 is 10.4 Å². The molecule has 2 N–H and O–H groups in total. The number of carboxylic acids is 1. The van der Waals surface area contributed by atoms with Crippen LogP contribution < -0.4 is 5.32 Å². The van der Waals surface area contributed by atoms with Gasteiger partial charge in [0, 0.05) is 12.7 Å². The van der Waals surface area contributed by atoms with Gasteiger partial charge in [0.25, 0.3) is 0 Å². The lowest BCUT2D eigenvalue weighted by Gasteiger charge is -2.12. The minimum absolute atomic E-state index is 0.189. The lowest BCUT2D eigenvalue weighted by molar-refractivity contribution is 0.0697. The fourth-order valence-corrected chi connectivity index (χ4v) is 2.02. The second kappa shape index (κ2) is 5.52. The monoisotopic (exact) mass is 256 g/mol. The van der Waals surface area contributed by atoms with Gasteiger partial charge in [-0.1, -0.05) is 18.2 Å². The Bertz CT molecular complexity index is 589. The number of hydrogen-bond acceptors (Lipinski definition) is 3. The van der Waals surface area contributed by atoms with E-state index in [1.807, 2.05) is 32.0 Å². The third-order valence-electron chi connectivity index (χ3n) is 3.12. The number of aromatic carboxylic acids is 1. The summed E-state index contributed by atoms with van der Waals surface area (Å²) >= 11 is 0. The van der Waals surface area contributed by atoms with Crippen LogP contribution >= 0.6 is 0 Å². The van der Waals surface area contributed by atoms with Crippen LogP contribution in [0, 0.1) is 13.8 Å². The summed E-state index contributed by atoms with van der Waals surface area (Å²) in [6.45, 7) is 4.65. The minimum atomic E-state index is -0.975. The number of benzene rings is 1. The molecule has 1 aromatic carbocycles. The number of anilines is 1. The lowest BCUT2D eigenvalue weighted by Crippen LogP contribution is -2.09. The lowest BCUT2D eigenvalue weighted by atomic mass is 10.0. The van der Waals surface area contributed by atoms with Crippen molar-refractivity contribution in [2.75, 3.05) is 5.32 Å². The molecule has 0 atom stereocenters. The largest absolute Gasteiger partial charge is 0.478 e. The maximum absolute atomic E-state index is 11.1. The van der Waals surface area contributed by atoms with E-state index in [1.54, 1.807) is 18.3 Å². The van der Waals surface area contributed by atoms with Crippen LogP contribution in [-0.2, 0) is 6.54 Å². The number of hydrogen-bond donors (Lipinski definition) is 2. The zero-order valence-electron chi connectivity index (χ0n) is 11.0. The van der Waals surface area contributed by atoms with Crippen molar-refractivity contribution in [1.82, 2.24) is 4.98 Å². The Kier molecular flexibility index (Phi) is 3.80. The molecule has 2 aromatic rings. The first-order chi connectivity index (χ1) is 9.09. The molecule has 0 aliphatic carbocycles. The topological polar surface area (TPSA) is 62.2 Å². The Morgan fingerprint density at radius 2 is 1.89 bits per heavy atom. The van der Waals surface area contributed by atoms with Crippen molar-refractivity contribution in [3.8, 4) is 0 Å². The highest BCUT2D eigenvalue weighted by atomic mass is 16.4. The highest BCUT2D eigenvalue weighted by molar-refractivity contribution is 5.92. The zero-order valence-corrected chi connectivity index (χ0v) is 11.0. The molecule has 0 radical (unpaired) electrons. The number of pyridine rings is 1. The van der Waals surface area contributed by atoms with Gasteiger partial charge >= 0.3 is 5.97 Å². The highest BCUT2D eigenvalue weighted by Crippen LogP contribution is 2.17. The normalized spacial score (nSPS) is 10.2. The molecule has 4 heteroatoms. The molecule has 1 aromatic heterocycles. The number of aromatic nitrogens is 1. The van der Waals surface area contributed by atoms with Crippen molar-refractivity contribution in [3.05, 3.63) is 58.8 Å². The van der Waals surface area contributed by atoms with Gasteiger partial charge in [-0.15, -0.1) is 0 Å². The molecule has 0 spiro atoms. The fourth-order valence-electron chi connectivity index (χ4n) is 2.02. The number of nitrogens with one attached hydrogen (secondary N) is 1. The zero-order chi connectivity index (χ0) is 13.8. The molecule has 0 amide bonds. The molecule has 4 nitrogen and oxygen atoms in total. The van der Waals surface area contributed by atoms with Gasteiger partial charge in [-0.2, -0.15) is 0 Å². The molecule has 1 heterocycles. The number of carbonyl (C=O) groups is 1. The number of nitrogens with zero attached hydrogens (tertiary/aromatic N) is 1. The molecule has 0 aliphatic rings. The molecule has 0 aliphatic heterocycles. The van der Waals surface area contributed by atoms with E-state index in [0.29, 0.717) is 12.4 Å². The average molecular weight is 256 g/mol. The van der Waals surface area contributed by atoms with Crippen molar-refractivity contribution in [2.24, 2.45) is 0 Å². The standard InChI is InChI=1S/C15H16N2O2/c1-10-5-3-6-11(2)13(10)9-17-14-12(15(18)19)7-4-8-16-14/h3-8H,9H2,1-2H3,(H,16,17)(H,18,19). The molecule has 2 rings (SSSR count). The SMILES string of the molecule is Cc1cccc(C)c1CNc1ncccc1C(=O)O. The van der Waals surface area contributed by atoms with Gasteiger partial charge in [0.2, 0.25) is 0 Å². The van der Waals surface area contributed by atoms with E-state index in [2.05, 4.69) is 10.3 Å². The maximum atomic E-state index is 11.1. The predicted octanol–water partition coefficient (Wildman–Crippen LogP) is 3.01. The molecule has 19 heavy (non-hydrogen) atoms. The first-order valence-electron chi connectivity index (χ1n) is 6.07. The van der Waals surface area contributed by atoms with E-state index in [-0.39, 0.29) is 5.56 Å². The van der Waals surface area contributed by atoms with Crippen LogP contribution in [0.2, 0.25) is 0 Å². The number of rotatable bonds is 4. The first kappa shape index (κ1) is 13.1. The van der Waals surface area contributed by atoms with Crippen molar-refractivity contribution >= 4 is 11.8 Å². The Balaban J connectivity index is 2.22. The van der Waals surface area contributed by atoms with Gasteiger partial charge in [-0.25, -0.2) is 9.78 Å². The van der Waals surface area contributed by atoms with E-state index < -0.39 is 5.97 Å². The van der Waals surface area contributed by atoms with Crippen molar-refractivity contribution < 1.29 is 9.90 Å². The number of aryl methyl sites for hydroxylation is 2. The summed E-state index contributed by atoms with van der Waals surface area (Å²) in [6, 6.07) is 9.26. The third-order valence-corrected chi connectivity index (χ3v) is 3.12. The second-order valence-electron chi connectivity index (χ2n) is 4.43. The molecule has 0 fully saturated rings. The molecule has 0 saturated carbocycles.